The number of ether oxygens (including phenoxy) is 1. The summed E-state index contributed by atoms with van der Waals surface area (Å²) in [5.41, 5.74) is 4.55. The van der Waals surface area contributed by atoms with Crippen molar-refractivity contribution in [2.45, 2.75) is 27.7 Å². The first kappa shape index (κ1) is 25.6. The van der Waals surface area contributed by atoms with Gasteiger partial charge in [0.05, 0.1) is 30.5 Å². The van der Waals surface area contributed by atoms with Gasteiger partial charge in [-0.1, -0.05) is 39.8 Å². The number of carbonyl (C=O) groups excluding carboxylic acids is 1. The summed E-state index contributed by atoms with van der Waals surface area (Å²) in [4.78, 5) is 25.3. The monoisotopic (exact) mass is 455 g/mol. The third kappa shape index (κ3) is 8.10. The Kier molecular flexibility index (Phi) is 9.65. The average Bonchev–Trinajstić information content (AvgIpc) is 2.76. The molecule has 178 valence electrons. The molecule has 9 heteroatoms. The number of carbonyl (C=O) groups is 1. The van der Waals surface area contributed by atoms with Crippen LogP contribution < -0.4 is 20.4 Å². The SMILES string of the molecule is COc1ccccc1NCC(=O)N/N=C\c1cc([N+](=O)[O-])ccc1N(CC(C)C)CC(C)C. The maximum absolute atomic E-state index is 12.2. The predicted molar refractivity (Wildman–Crippen MR) is 132 cm³/mol. The molecule has 0 aliphatic rings. The minimum Gasteiger partial charge on any atom is -0.495 e. The fourth-order valence-electron chi connectivity index (χ4n) is 3.38. The van der Waals surface area contributed by atoms with Crippen molar-refractivity contribution in [2.75, 3.05) is 37.0 Å². The smallest absolute Gasteiger partial charge is 0.270 e. The van der Waals surface area contributed by atoms with Crippen molar-refractivity contribution in [3.05, 3.63) is 58.1 Å². The average molecular weight is 456 g/mol. The van der Waals surface area contributed by atoms with Crippen molar-refractivity contribution >= 4 is 29.2 Å². The Morgan fingerprint density at radius 1 is 1.15 bits per heavy atom. The Balaban J connectivity index is 2.16. The summed E-state index contributed by atoms with van der Waals surface area (Å²) < 4.78 is 5.25. The van der Waals surface area contributed by atoms with Gasteiger partial charge in [0.15, 0.2) is 0 Å². The number of nitrogens with one attached hydrogen (secondary N) is 2. The van der Waals surface area contributed by atoms with E-state index in [4.69, 9.17) is 4.74 Å². The van der Waals surface area contributed by atoms with Gasteiger partial charge in [-0.15, -0.1) is 0 Å². The van der Waals surface area contributed by atoms with Crippen LogP contribution in [0.1, 0.15) is 33.3 Å². The summed E-state index contributed by atoms with van der Waals surface area (Å²) in [6.45, 7) is 10.1. The number of amides is 1. The maximum atomic E-state index is 12.2. The standard InChI is InChI=1S/C24H33N5O4/c1-17(2)15-28(16-18(3)4)22-11-10-20(29(31)32)12-19(22)13-26-27-24(30)14-25-21-8-6-7-9-23(21)33-5/h6-13,17-18,25H,14-16H2,1-5H3,(H,27,30)/b26-13-. The highest BCUT2D eigenvalue weighted by molar-refractivity contribution is 5.90. The number of anilines is 2. The number of non-ortho nitro benzene ring substituents is 1. The second-order valence-electron chi connectivity index (χ2n) is 8.54. The Morgan fingerprint density at radius 3 is 2.42 bits per heavy atom. The van der Waals surface area contributed by atoms with Crippen LogP contribution in [-0.4, -0.2) is 43.8 Å². The summed E-state index contributed by atoms with van der Waals surface area (Å²) in [5, 5.41) is 18.4. The number of benzene rings is 2. The lowest BCUT2D eigenvalue weighted by Gasteiger charge is -2.29. The summed E-state index contributed by atoms with van der Waals surface area (Å²) in [6.07, 6.45) is 1.46. The molecule has 0 aliphatic carbocycles. The van der Waals surface area contributed by atoms with Gasteiger partial charge < -0.3 is 15.0 Å². The first-order chi connectivity index (χ1) is 15.7. The van der Waals surface area contributed by atoms with E-state index in [2.05, 4.69) is 48.4 Å². The zero-order valence-electron chi connectivity index (χ0n) is 19.9. The van der Waals surface area contributed by atoms with Crippen molar-refractivity contribution in [2.24, 2.45) is 16.9 Å². The van der Waals surface area contributed by atoms with Crippen molar-refractivity contribution < 1.29 is 14.5 Å². The number of para-hydroxylation sites is 2. The first-order valence-corrected chi connectivity index (χ1v) is 10.9. The van der Waals surface area contributed by atoms with Crippen LogP contribution in [0.4, 0.5) is 17.1 Å². The highest BCUT2D eigenvalue weighted by atomic mass is 16.6. The summed E-state index contributed by atoms with van der Waals surface area (Å²) >= 11 is 0. The summed E-state index contributed by atoms with van der Waals surface area (Å²) in [7, 11) is 1.56. The number of hydrazone groups is 1. The van der Waals surface area contributed by atoms with Gasteiger partial charge in [-0.3, -0.25) is 14.9 Å². The molecule has 0 fully saturated rings. The van der Waals surface area contributed by atoms with Crippen LogP contribution in [0.15, 0.2) is 47.6 Å². The Hall–Kier alpha value is -3.62. The third-order valence-electron chi connectivity index (χ3n) is 4.67. The normalized spacial score (nSPS) is 11.1. The van der Waals surface area contributed by atoms with Gasteiger partial charge in [0, 0.05) is 36.5 Å². The van der Waals surface area contributed by atoms with Crippen molar-refractivity contribution in [1.29, 1.82) is 0 Å². The summed E-state index contributed by atoms with van der Waals surface area (Å²) in [6, 6.07) is 12.0. The lowest BCUT2D eigenvalue weighted by molar-refractivity contribution is -0.384. The number of nitro groups is 1. The van der Waals surface area contributed by atoms with Gasteiger partial charge in [0.25, 0.3) is 11.6 Å². The van der Waals surface area contributed by atoms with E-state index in [0.717, 1.165) is 18.8 Å². The van der Waals surface area contributed by atoms with E-state index in [1.807, 2.05) is 18.2 Å². The lowest BCUT2D eigenvalue weighted by atomic mass is 10.1. The van der Waals surface area contributed by atoms with Crippen LogP contribution in [0.25, 0.3) is 0 Å². The van der Waals surface area contributed by atoms with Crippen molar-refractivity contribution in [1.82, 2.24) is 5.43 Å². The molecule has 0 atom stereocenters. The predicted octanol–water partition coefficient (Wildman–Crippen LogP) is 4.28. The van der Waals surface area contributed by atoms with Crippen LogP contribution in [0.3, 0.4) is 0 Å². The number of rotatable bonds is 12. The molecule has 0 aliphatic heterocycles. The van der Waals surface area contributed by atoms with E-state index < -0.39 is 4.92 Å². The van der Waals surface area contributed by atoms with E-state index >= 15 is 0 Å². The van der Waals surface area contributed by atoms with Gasteiger partial charge in [-0.05, 0) is 30.0 Å². The number of nitro benzene ring substituents is 1. The number of hydrogen-bond acceptors (Lipinski definition) is 7. The van der Waals surface area contributed by atoms with E-state index in [1.165, 1.54) is 18.3 Å². The third-order valence-corrected chi connectivity index (χ3v) is 4.67. The second kappa shape index (κ2) is 12.4. The Labute approximate surface area is 195 Å². The largest absolute Gasteiger partial charge is 0.495 e. The number of nitrogens with zero attached hydrogens (tertiary/aromatic N) is 3. The quantitative estimate of drug-likeness (QED) is 0.281. The van der Waals surface area contributed by atoms with Gasteiger partial charge in [0.1, 0.15) is 5.75 Å². The van der Waals surface area contributed by atoms with Crippen LogP contribution >= 0.6 is 0 Å². The second-order valence-corrected chi connectivity index (χ2v) is 8.54. The van der Waals surface area contributed by atoms with Crippen molar-refractivity contribution in [3.8, 4) is 5.75 Å². The molecule has 0 bridgehead atoms. The molecule has 0 heterocycles. The topological polar surface area (TPSA) is 109 Å². The number of methoxy groups -OCH3 is 1. The molecule has 2 rings (SSSR count). The zero-order valence-corrected chi connectivity index (χ0v) is 19.9. The Bertz CT molecular complexity index is 965. The lowest BCUT2D eigenvalue weighted by Crippen LogP contribution is -2.32. The molecule has 0 saturated carbocycles. The molecule has 9 nitrogen and oxygen atoms in total. The highest BCUT2D eigenvalue weighted by Gasteiger charge is 2.17. The van der Waals surface area contributed by atoms with Crippen LogP contribution in [0.5, 0.6) is 5.75 Å². The fraction of sp³-hybridized carbons (Fsp3) is 0.417. The molecule has 0 saturated heterocycles. The number of hydrogen-bond donors (Lipinski definition) is 2. The molecular formula is C24H33N5O4. The molecule has 0 radical (unpaired) electrons. The van der Waals surface area contributed by atoms with Gasteiger partial charge in [-0.2, -0.15) is 5.10 Å². The van der Waals surface area contributed by atoms with E-state index in [9.17, 15) is 14.9 Å². The molecule has 1 amide bonds. The molecule has 0 unspecified atom stereocenters. The summed E-state index contributed by atoms with van der Waals surface area (Å²) in [5.74, 6) is 1.09. The molecule has 2 aromatic rings. The van der Waals surface area contributed by atoms with Crippen LogP contribution in [-0.2, 0) is 4.79 Å². The van der Waals surface area contributed by atoms with Gasteiger partial charge in [-0.25, -0.2) is 5.43 Å². The fourth-order valence-corrected chi connectivity index (χ4v) is 3.38. The first-order valence-electron chi connectivity index (χ1n) is 10.9. The highest BCUT2D eigenvalue weighted by Crippen LogP contribution is 2.26. The molecular weight excluding hydrogens is 422 g/mol. The van der Waals surface area contributed by atoms with E-state index in [1.54, 1.807) is 19.2 Å². The molecule has 0 spiro atoms. The van der Waals surface area contributed by atoms with Crippen LogP contribution in [0, 0.1) is 22.0 Å². The minimum atomic E-state index is -0.438. The zero-order chi connectivity index (χ0) is 24.4. The van der Waals surface area contributed by atoms with Crippen LogP contribution in [0.2, 0.25) is 0 Å². The minimum absolute atomic E-state index is 0.00761. The maximum Gasteiger partial charge on any atom is 0.270 e. The van der Waals surface area contributed by atoms with E-state index in [-0.39, 0.29) is 18.1 Å². The molecule has 0 aromatic heterocycles. The Morgan fingerprint density at radius 2 is 1.82 bits per heavy atom. The molecule has 2 N–H and O–H groups in total. The molecule has 33 heavy (non-hydrogen) atoms. The van der Waals surface area contributed by atoms with Gasteiger partial charge in [0.2, 0.25) is 0 Å². The van der Waals surface area contributed by atoms with E-state index in [0.29, 0.717) is 28.8 Å². The molecule has 2 aromatic carbocycles. The van der Waals surface area contributed by atoms with Gasteiger partial charge >= 0.3 is 0 Å². The van der Waals surface area contributed by atoms with Crippen molar-refractivity contribution in [3.63, 3.8) is 0 Å².